The predicted octanol–water partition coefficient (Wildman–Crippen LogP) is 1.06. The number of carbonyl (C=O) groups excluding carboxylic acids is 1. The van der Waals surface area contributed by atoms with Gasteiger partial charge in [-0.3, -0.25) is 21.6 Å². The first-order valence-electron chi connectivity index (χ1n) is 6.99. The fourth-order valence-corrected chi connectivity index (χ4v) is 2.09. The summed E-state index contributed by atoms with van der Waals surface area (Å²) in [6.45, 7) is 0.355. The van der Waals surface area contributed by atoms with Crippen LogP contribution in [0, 0.1) is 7.05 Å². The van der Waals surface area contributed by atoms with Gasteiger partial charge in [0.25, 0.3) is 5.56 Å². The van der Waals surface area contributed by atoms with Crippen LogP contribution < -0.4 is 21.9 Å². The van der Waals surface area contributed by atoms with Crippen molar-refractivity contribution in [1.29, 1.82) is 0 Å². The number of aromatic amines is 1. The number of nitrogens with two attached hydrogens (primary N) is 1. The van der Waals surface area contributed by atoms with Crippen LogP contribution in [0.5, 0.6) is 0 Å². The largest absolute Gasteiger partial charge is 0.504 e. The van der Waals surface area contributed by atoms with Gasteiger partial charge in [0.15, 0.2) is 11.2 Å². The average molecular weight is 429 g/mol. The summed E-state index contributed by atoms with van der Waals surface area (Å²) in [7, 11) is 3.33. The van der Waals surface area contributed by atoms with E-state index in [0.717, 1.165) is 5.69 Å². The number of nitrogens with one attached hydrogen (secondary N) is 3. The molecule has 26 heavy (non-hydrogen) atoms. The van der Waals surface area contributed by atoms with Gasteiger partial charge >= 0.3 is 0 Å². The molecule has 1 radical (unpaired) electrons. The third-order valence-corrected chi connectivity index (χ3v) is 3.27. The molecule has 0 aliphatic carbocycles. The number of rotatable bonds is 4. The van der Waals surface area contributed by atoms with Gasteiger partial charge in [0, 0.05) is 44.0 Å². The zero-order valence-electron chi connectivity index (χ0n) is 13.1. The maximum absolute atomic E-state index is 11.8. The van der Waals surface area contributed by atoms with Crippen molar-refractivity contribution < 1.29 is 37.5 Å². The molecule has 0 saturated heterocycles. The Kier molecular flexibility index (Phi) is 7.79. The molecule has 133 valence electrons. The Morgan fingerprint density at radius 2 is 1.92 bits per heavy atom. The molecule has 9 nitrogen and oxygen atoms in total. The maximum atomic E-state index is 11.8. The molecule has 0 saturated carbocycles. The second kappa shape index (κ2) is 9.35. The SMILES string of the molecule is C.[CH2-]NC(=O)c1ccc(NCc2cnc3nc(N)[nH]c(=O)c3n2)cc1.[Y]. The summed E-state index contributed by atoms with van der Waals surface area (Å²) in [6, 6.07) is 6.86. The van der Waals surface area contributed by atoms with E-state index in [2.05, 4.69) is 37.6 Å². The number of hydrogen-bond donors (Lipinski definition) is 4. The van der Waals surface area contributed by atoms with E-state index in [0.29, 0.717) is 17.8 Å². The first-order chi connectivity index (χ1) is 11.6. The van der Waals surface area contributed by atoms with Gasteiger partial charge in [-0.05, 0) is 24.3 Å². The summed E-state index contributed by atoms with van der Waals surface area (Å²) in [5, 5.41) is 5.44. The number of nitrogens with zero attached hydrogens (tertiary/aromatic N) is 3. The van der Waals surface area contributed by atoms with Gasteiger partial charge in [-0.1, -0.05) is 7.43 Å². The van der Waals surface area contributed by atoms with Crippen molar-refractivity contribution in [1.82, 2.24) is 25.3 Å². The molecule has 0 unspecified atom stereocenters. The molecule has 2 aromatic heterocycles. The van der Waals surface area contributed by atoms with Gasteiger partial charge in [0.1, 0.15) is 0 Å². The van der Waals surface area contributed by atoms with E-state index >= 15 is 0 Å². The number of benzene rings is 1. The van der Waals surface area contributed by atoms with E-state index in [1.54, 1.807) is 24.3 Å². The van der Waals surface area contributed by atoms with Crippen LogP contribution in [0.3, 0.4) is 0 Å². The summed E-state index contributed by atoms with van der Waals surface area (Å²) in [5.41, 5.74) is 7.23. The fourth-order valence-electron chi connectivity index (χ4n) is 2.09. The number of amides is 1. The minimum absolute atomic E-state index is 0. The van der Waals surface area contributed by atoms with Crippen LogP contribution in [0.1, 0.15) is 23.5 Å². The topological polar surface area (TPSA) is 139 Å². The molecule has 0 aliphatic heterocycles. The molecule has 10 heteroatoms. The molecule has 0 spiro atoms. The predicted molar refractivity (Wildman–Crippen MR) is 95.7 cm³/mol. The molecule has 0 aliphatic rings. The number of anilines is 2. The van der Waals surface area contributed by atoms with Crippen LogP contribution in [0.4, 0.5) is 11.6 Å². The van der Waals surface area contributed by atoms with Gasteiger partial charge in [-0.2, -0.15) is 4.98 Å². The summed E-state index contributed by atoms with van der Waals surface area (Å²) in [5.74, 6) is -0.257. The molecular formula is C16H18N7O2Y-. The summed E-state index contributed by atoms with van der Waals surface area (Å²) in [6.07, 6.45) is 1.52. The van der Waals surface area contributed by atoms with Crippen molar-refractivity contribution in [2.24, 2.45) is 0 Å². The Balaban J connectivity index is 0.00000169. The summed E-state index contributed by atoms with van der Waals surface area (Å²) in [4.78, 5) is 37.9. The quantitative estimate of drug-likeness (QED) is 0.455. The normalized spacial score (nSPS) is 9.73. The van der Waals surface area contributed by atoms with Gasteiger partial charge in [0.05, 0.1) is 18.4 Å². The van der Waals surface area contributed by atoms with Crippen molar-refractivity contribution in [2.45, 2.75) is 14.0 Å². The molecule has 1 amide bonds. The third-order valence-electron chi connectivity index (χ3n) is 3.27. The number of H-pyrrole nitrogens is 1. The van der Waals surface area contributed by atoms with Gasteiger partial charge < -0.3 is 16.4 Å². The maximum Gasteiger partial charge on any atom is 0.280 e. The van der Waals surface area contributed by atoms with Crippen LogP contribution >= 0.6 is 0 Å². The number of carbonyl (C=O) groups is 1. The zero-order chi connectivity index (χ0) is 17.1. The minimum Gasteiger partial charge on any atom is -0.504 e. The molecule has 5 N–H and O–H groups in total. The summed E-state index contributed by atoms with van der Waals surface area (Å²) >= 11 is 0. The van der Waals surface area contributed by atoms with Crippen molar-refractivity contribution in [3.63, 3.8) is 0 Å². The molecule has 1 aromatic carbocycles. The molecule has 3 rings (SSSR count). The zero-order valence-corrected chi connectivity index (χ0v) is 16.0. The van der Waals surface area contributed by atoms with E-state index < -0.39 is 5.56 Å². The number of hydrogen-bond acceptors (Lipinski definition) is 7. The summed E-state index contributed by atoms with van der Waals surface area (Å²) < 4.78 is 0. The Bertz CT molecular complexity index is 957. The number of nitrogen functional groups attached to an aromatic ring is 1. The molecule has 0 fully saturated rings. The minimum atomic E-state index is -0.435. The standard InChI is InChI=1S/C15H14N7O2.CH4.Y/c1-17-13(23)8-2-4-9(5-3-8)18-6-10-7-19-12-11(20-10)14(24)22-15(16)21-12;;/h2-5,7,18H,1,6H2,(H,17,23)(H3,16,19,21,22,24);1H4;/q-1;;. The van der Waals surface area contributed by atoms with Crippen LogP contribution in [-0.2, 0) is 39.3 Å². The van der Waals surface area contributed by atoms with Gasteiger partial charge in [0.2, 0.25) is 11.9 Å². The first-order valence-corrected chi connectivity index (χ1v) is 6.99. The van der Waals surface area contributed by atoms with Crippen LogP contribution in [0.2, 0.25) is 0 Å². The smallest absolute Gasteiger partial charge is 0.280 e. The molecule has 2 heterocycles. The Hall–Kier alpha value is -2.39. The van der Waals surface area contributed by atoms with Crippen molar-refractivity contribution >= 4 is 28.7 Å². The molecular weight excluding hydrogens is 411 g/mol. The molecule has 0 bridgehead atoms. The monoisotopic (exact) mass is 429 g/mol. The van der Waals surface area contributed by atoms with Gasteiger partial charge in [-0.25, -0.2) is 9.97 Å². The second-order valence-electron chi connectivity index (χ2n) is 4.92. The first kappa shape index (κ1) is 21.7. The van der Waals surface area contributed by atoms with E-state index in [-0.39, 0.29) is 63.2 Å². The van der Waals surface area contributed by atoms with Gasteiger partial charge in [-0.15, -0.1) is 0 Å². The number of aromatic nitrogens is 4. The van der Waals surface area contributed by atoms with Crippen molar-refractivity contribution in [2.75, 3.05) is 11.1 Å². The van der Waals surface area contributed by atoms with Crippen LogP contribution in [-0.4, -0.2) is 25.8 Å². The Morgan fingerprint density at radius 1 is 1.23 bits per heavy atom. The van der Waals surface area contributed by atoms with E-state index in [1.165, 1.54) is 6.20 Å². The Morgan fingerprint density at radius 3 is 2.58 bits per heavy atom. The second-order valence-corrected chi connectivity index (χ2v) is 4.92. The third kappa shape index (κ3) is 4.83. The van der Waals surface area contributed by atoms with E-state index in [1.807, 2.05) is 0 Å². The van der Waals surface area contributed by atoms with Crippen LogP contribution in [0.15, 0.2) is 35.3 Å². The van der Waals surface area contributed by atoms with E-state index in [9.17, 15) is 9.59 Å². The average Bonchev–Trinajstić information content (AvgIpc) is 2.60. The van der Waals surface area contributed by atoms with Crippen LogP contribution in [0.25, 0.3) is 11.2 Å². The van der Waals surface area contributed by atoms with Crippen molar-refractivity contribution in [3.8, 4) is 0 Å². The number of fused-ring (bicyclic) bond motifs is 1. The van der Waals surface area contributed by atoms with Crippen molar-refractivity contribution in [3.05, 3.63) is 59.1 Å². The Labute approximate surface area is 175 Å². The molecule has 0 atom stereocenters. The fraction of sp³-hybridized carbons (Fsp3) is 0.125. The molecule has 3 aromatic rings. The van der Waals surface area contributed by atoms with E-state index in [4.69, 9.17) is 5.73 Å².